The van der Waals surface area contributed by atoms with Crippen molar-refractivity contribution in [1.29, 1.82) is 0 Å². The predicted molar refractivity (Wildman–Crippen MR) is 65.7 cm³/mol. The van der Waals surface area contributed by atoms with Gasteiger partial charge >= 0.3 is 5.97 Å². The molecule has 5 heteroatoms. The number of hydrogen-bond acceptors (Lipinski definition) is 3. The molecule has 5 nitrogen and oxygen atoms in total. The van der Waals surface area contributed by atoms with E-state index in [4.69, 9.17) is 5.11 Å². The van der Waals surface area contributed by atoms with Crippen LogP contribution in [0, 0.1) is 6.92 Å². The van der Waals surface area contributed by atoms with Crippen LogP contribution in [0.1, 0.15) is 21.6 Å². The lowest BCUT2D eigenvalue weighted by Crippen LogP contribution is -2.25. The van der Waals surface area contributed by atoms with Crippen LogP contribution in [0.5, 0.6) is 0 Å². The third-order valence-corrected chi connectivity index (χ3v) is 2.67. The van der Waals surface area contributed by atoms with Crippen molar-refractivity contribution >= 4 is 5.97 Å². The zero-order chi connectivity index (χ0) is 13.1. The third-order valence-electron chi connectivity index (χ3n) is 2.67. The van der Waals surface area contributed by atoms with E-state index in [0.29, 0.717) is 0 Å². The summed E-state index contributed by atoms with van der Waals surface area (Å²) in [5.41, 5.74) is 1.52. The number of carboxylic acids is 1. The molecule has 0 amide bonds. The lowest BCUT2D eigenvalue weighted by atomic mass is 10.1. The summed E-state index contributed by atoms with van der Waals surface area (Å²) in [4.78, 5) is 22.4. The molecule has 0 atom stereocenters. The molecule has 92 valence electrons. The molecule has 0 aliphatic heterocycles. The summed E-state index contributed by atoms with van der Waals surface area (Å²) in [6, 6.07) is 10.0. The number of benzene rings is 1. The Bertz CT molecular complexity index is 647. The van der Waals surface area contributed by atoms with Gasteiger partial charge in [0.15, 0.2) is 5.69 Å². The van der Waals surface area contributed by atoms with Gasteiger partial charge in [0.05, 0.1) is 6.54 Å². The molecular formula is C13H12N2O3. The maximum Gasteiger partial charge on any atom is 0.356 e. The largest absolute Gasteiger partial charge is 0.476 e. The highest BCUT2D eigenvalue weighted by atomic mass is 16.4. The van der Waals surface area contributed by atoms with Crippen LogP contribution in [0.3, 0.4) is 0 Å². The fourth-order valence-electron chi connectivity index (χ4n) is 1.63. The van der Waals surface area contributed by atoms with Crippen LogP contribution in [0.15, 0.2) is 41.2 Å². The Morgan fingerprint density at radius 3 is 2.67 bits per heavy atom. The Hall–Kier alpha value is -2.43. The second-order valence-electron chi connectivity index (χ2n) is 3.95. The number of aromatic nitrogens is 2. The molecule has 1 aromatic carbocycles. The van der Waals surface area contributed by atoms with Crippen molar-refractivity contribution in [2.24, 2.45) is 0 Å². The number of carboxylic acid groups (broad SMARTS) is 1. The average molecular weight is 244 g/mol. The Kier molecular flexibility index (Phi) is 3.23. The number of aromatic carboxylic acids is 1. The molecule has 0 saturated heterocycles. The summed E-state index contributed by atoms with van der Waals surface area (Å²) in [5, 5.41) is 12.7. The minimum Gasteiger partial charge on any atom is -0.476 e. The van der Waals surface area contributed by atoms with Crippen molar-refractivity contribution in [1.82, 2.24) is 9.78 Å². The molecule has 0 aliphatic carbocycles. The lowest BCUT2D eigenvalue weighted by molar-refractivity contribution is 0.0687. The Balaban J connectivity index is 2.40. The van der Waals surface area contributed by atoms with E-state index in [0.717, 1.165) is 15.8 Å². The van der Waals surface area contributed by atoms with Crippen molar-refractivity contribution in [2.45, 2.75) is 13.5 Å². The monoisotopic (exact) mass is 244 g/mol. The van der Waals surface area contributed by atoms with Crippen molar-refractivity contribution in [3.05, 3.63) is 63.6 Å². The molecule has 0 radical (unpaired) electrons. The second kappa shape index (κ2) is 4.83. The van der Waals surface area contributed by atoms with Gasteiger partial charge in [0, 0.05) is 6.07 Å². The van der Waals surface area contributed by atoms with Crippen molar-refractivity contribution in [2.75, 3.05) is 0 Å². The van der Waals surface area contributed by atoms with E-state index in [2.05, 4.69) is 5.10 Å². The van der Waals surface area contributed by atoms with Gasteiger partial charge < -0.3 is 5.11 Å². The van der Waals surface area contributed by atoms with Gasteiger partial charge in [-0.25, -0.2) is 9.48 Å². The minimum absolute atomic E-state index is 0.136. The van der Waals surface area contributed by atoms with Gasteiger partial charge in [0.25, 0.3) is 5.56 Å². The quantitative estimate of drug-likeness (QED) is 0.883. The molecule has 0 saturated carbocycles. The second-order valence-corrected chi connectivity index (χ2v) is 3.95. The molecule has 0 aliphatic rings. The predicted octanol–water partition coefficient (Wildman–Crippen LogP) is 1.30. The molecule has 2 rings (SSSR count). The fraction of sp³-hybridized carbons (Fsp3) is 0.154. The highest BCUT2D eigenvalue weighted by Gasteiger charge is 2.08. The van der Waals surface area contributed by atoms with Crippen LogP contribution >= 0.6 is 0 Å². The maximum absolute atomic E-state index is 11.6. The highest BCUT2D eigenvalue weighted by Crippen LogP contribution is 2.07. The fourth-order valence-corrected chi connectivity index (χ4v) is 1.63. The van der Waals surface area contributed by atoms with Crippen LogP contribution in [-0.4, -0.2) is 20.9 Å². The molecule has 18 heavy (non-hydrogen) atoms. The van der Waals surface area contributed by atoms with Gasteiger partial charge in [0.2, 0.25) is 0 Å². The average Bonchev–Trinajstić information content (AvgIpc) is 2.34. The summed E-state index contributed by atoms with van der Waals surface area (Å²) in [6.45, 7) is 2.20. The molecule has 1 aromatic heterocycles. The first-order valence-electron chi connectivity index (χ1n) is 5.44. The smallest absolute Gasteiger partial charge is 0.356 e. The first-order valence-corrected chi connectivity index (χ1v) is 5.44. The Labute approximate surface area is 103 Å². The molecule has 2 aromatic rings. The molecule has 0 unspecified atom stereocenters. The van der Waals surface area contributed by atoms with Gasteiger partial charge in [-0.2, -0.15) is 5.10 Å². The van der Waals surface area contributed by atoms with Gasteiger partial charge in [-0.05, 0) is 24.1 Å². The summed E-state index contributed by atoms with van der Waals surface area (Å²) < 4.78 is 1.16. The van der Waals surface area contributed by atoms with E-state index >= 15 is 0 Å². The van der Waals surface area contributed by atoms with Crippen LogP contribution in [-0.2, 0) is 6.54 Å². The van der Waals surface area contributed by atoms with Gasteiger partial charge in [-0.1, -0.05) is 24.3 Å². The number of aryl methyl sites for hydroxylation is 1. The van der Waals surface area contributed by atoms with E-state index in [9.17, 15) is 9.59 Å². The molecular weight excluding hydrogens is 232 g/mol. The van der Waals surface area contributed by atoms with Gasteiger partial charge in [0.1, 0.15) is 0 Å². The highest BCUT2D eigenvalue weighted by molar-refractivity contribution is 5.84. The summed E-state index contributed by atoms with van der Waals surface area (Å²) >= 11 is 0. The summed E-state index contributed by atoms with van der Waals surface area (Å²) in [6.07, 6.45) is 0. The number of hydrogen-bond donors (Lipinski definition) is 1. The molecule has 0 spiro atoms. The first kappa shape index (κ1) is 12.0. The van der Waals surface area contributed by atoms with Gasteiger partial charge in [-0.3, -0.25) is 4.79 Å². The van der Waals surface area contributed by atoms with Crippen LogP contribution < -0.4 is 5.56 Å². The molecule has 1 heterocycles. The maximum atomic E-state index is 11.6. The van der Waals surface area contributed by atoms with E-state index in [1.165, 1.54) is 12.1 Å². The van der Waals surface area contributed by atoms with Crippen LogP contribution in [0.4, 0.5) is 0 Å². The minimum atomic E-state index is -1.14. The van der Waals surface area contributed by atoms with Crippen molar-refractivity contribution in [3.8, 4) is 0 Å². The summed E-state index contributed by atoms with van der Waals surface area (Å²) in [7, 11) is 0. The summed E-state index contributed by atoms with van der Waals surface area (Å²) in [5.74, 6) is -1.14. The molecule has 1 N–H and O–H groups in total. The number of nitrogens with zero attached hydrogens (tertiary/aromatic N) is 2. The van der Waals surface area contributed by atoms with E-state index < -0.39 is 5.97 Å². The molecule has 0 fully saturated rings. The normalized spacial score (nSPS) is 10.3. The standard InChI is InChI=1S/C13H12N2O3/c1-9-4-2-3-5-10(9)8-15-12(16)7-6-11(14-15)13(17)18/h2-7H,8H2,1H3,(H,17,18). The first-order chi connectivity index (χ1) is 8.58. The van der Waals surface area contributed by atoms with E-state index in [-0.39, 0.29) is 17.8 Å². The van der Waals surface area contributed by atoms with Crippen LogP contribution in [0.25, 0.3) is 0 Å². The van der Waals surface area contributed by atoms with E-state index in [1.54, 1.807) is 0 Å². The van der Waals surface area contributed by atoms with Crippen LogP contribution in [0.2, 0.25) is 0 Å². The SMILES string of the molecule is Cc1ccccc1Cn1nc(C(=O)O)ccc1=O. The van der Waals surface area contributed by atoms with E-state index in [1.807, 2.05) is 31.2 Å². The topological polar surface area (TPSA) is 72.2 Å². The van der Waals surface area contributed by atoms with Crippen molar-refractivity contribution < 1.29 is 9.90 Å². The third kappa shape index (κ3) is 2.45. The van der Waals surface area contributed by atoms with Crippen molar-refractivity contribution in [3.63, 3.8) is 0 Å². The Morgan fingerprint density at radius 2 is 2.00 bits per heavy atom. The van der Waals surface area contributed by atoms with Gasteiger partial charge in [-0.15, -0.1) is 0 Å². The Morgan fingerprint density at radius 1 is 1.28 bits per heavy atom. The number of rotatable bonds is 3. The lowest BCUT2D eigenvalue weighted by Gasteiger charge is -2.07. The zero-order valence-electron chi connectivity index (χ0n) is 9.83. The zero-order valence-corrected chi connectivity index (χ0v) is 9.83. The molecule has 0 bridgehead atoms. The number of carbonyl (C=O) groups is 1.